The highest BCUT2D eigenvalue weighted by atomic mass is 32.2. The third kappa shape index (κ3) is 6.90. The Morgan fingerprint density at radius 2 is 1.60 bits per heavy atom. The van der Waals surface area contributed by atoms with Gasteiger partial charge in [0.25, 0.3) is 5.91 Å². The first-order chi connectivity index (χ1) is 19.6. The first-order valence-electron chi connectivity index (χ1n) is 13.8. The monoisotopic (exact) mass is 567 g/mol. The van der Waals surface area contributed by atoms with E-state index in [0.29, 0.717) is 22.4 Å². The van der Waals surface area contributed by atoms with E-state index in [1.165, 1.54) is 31.0 Å². The Balaban J connectivity index is 1.38. The van der Waals surface area contributed by atoms with Gasteiger partial charge in [0.15, 0.2) is 0 Å². The van der Waals surface area contributed by atoms with E-state index >= 15 is 0 Å². The summed E-state index contributed by atoms with van der Waals surface area (Å²) in [6.07, 6.45) is 9.61. The number of thiocarbonyl (C=S) groups is 1. The number of thioether (sulfide) groups is 1. The Morgan fingerprint density at radius 3 is 2.33 bits per heavy atom. The van der Waals surface area contributed by atoms with Gasteiger partial charge in [-0.1, -0.05) is 105 Å². The van der Waals surface area contributed by atoms with Crippen molar-refractivity contribution < 1.29 is 9.53 Å². The van der Waals surface area contributed by atoms with E-state index in [0.717, 1.165) is 46.7 Å². The number of ether oxygens (including phenoxy) is 1. The average Bonchev–Trinajstić information content (AvgIpc) is 3.53. The minimum Gasteiger partial charge on any atom is -0.489 e. The molecule has 5 rings (SSSR count). The second kappa shape index (κ2) is 13.6. The van der Waals surface area contributed by atoms with E-state index in [4.69, 9.17) is 22.1 Å². The molecular weight excluding hydrogens is 535 g/mol. The number of unbranched alkanes of at least 4 members (excludes halogenated alkanes) is 4. The van der Waals surface area contributed by atoms with Crippen LogP contribution < -0.4 is 4.74 Å². The van der Waals surface area contributed by atoms with Crippen molar-refractivity contribution in [3.05, 3.63) is 107 Å². The molecular formula is C33H33N3O2S2. The van der Waals surface area contributed by atoms with Gasteiger partial charge >= 0.3 is 0 Å². The van der Waals surface area contributed by atoms with Gasteiger partial charge in [-0.3, -0.25) is 9.69 Å². The molecule has 2 heterocycles. The molecule has 5 nitrogen and oxygen atoms in total. The van der Waals surface area contributed by atoms with Crippen molar-refractivity contribution in [1.82, 2.24) is 14.7 Å². The zero-order valence-corrected chi connectivity index (χ0v) is 24.3. The highest BCUT2D eigenvalue weighted by Gasteiger charge is 2.32. The van der Waals surface area contributed by atoms with Crippen LogP contribution in [0.15, 0.2) is 96.0 Å². The standard InChI is InChI=1S/C33H33N3O2S2/c1-2-3-4-5-12-21-35-32(37)30(40-33(35)39)22-27-23-36(28-15-10-7-11-16-28)34-31(27)26-17-19-29(20-18-26)38-24-25-13-8-6-9-14-25/h6-11,13-20,22-23H,2-5,12,21,24H2,1H3. The van der Waals surface area contributed by atoms with Gasteiger partial charge in [0, 0.05) is 23.9 Å². The summed E-state index contributed by atoms with van der Waals surface area (Å²) < 4.78 is 8.47. The van der Waals surface area contributed by atoms with Crippen LogP contribution in [-0.4, -0.2) is 31.5 Å². The maximum absolute atomic E-state index is 13.3. The molecule has 1 saturated heterocycles. The van der Waals surface area contributed by atoms with Gasteiger partial charge < -0.3 is 4.74 Å². The predicted octanol–water partition coefficient (Wildman–Crippen LogP) is 8.29. The second-order valence-corrected chi connectivity index (χ2v) is 11.4. The molecule has 1 aliphatic rings. The molecule has 0 aliphatic carbocycles. The first-order valence-corrected chi connectivity index (χ1v) is 15.0. The average molecular weight is 568 g/mol. The van der Waals surface area contributed by atoms with Crippen molar-refractivity contribution in [3.8, 4) is 22.7 Å². The van der Waals surface area contributed by atoms with Crippen LogP contribution in [0.5, 0.6) is 5.75 Å². The molecule has 40 heavy (non-hydrogen) atoms. The molecule has 0 saturated carbocycles. The van der Waals surface area contributed by atoms with Gasteiger partial charge in [-0.05, 0) is 54.5 Å². The summed E-state index contributed by atoms with van der Waals surface area (Å²) in [5, 5.41) is 4.92. The highest BCUT2D eigenvalue weighted by Crippen LogP contribution is 2.35. The summed E-state index contributed by atoms with van der Waals surface area (Å²) >= 11 is 6.96. The van der Waals surface area contributed by atoms with Crippen molar-refractivity contribution in [2.75, 3.05) is 6.54 Å². The molecule has 4 aromatic rings. The zero-order valence-electron chi connectivity index (χ0n) is 22.7. The third-order valence-electron chi connectivity index (χ3n) is 6.78. The van der Waals surface area contributed by atoms with E-state index in [-0.39, 0.29) is 5.91 Å². The summed E-state index contributed by atoms with van der Waals surface area (Å²) in [4.78, 5) is 15.7. The van der Waals surface area contributed by atoms with Crippen LogP contribution in [0.25, 0.3) is 23.0 Å². The van der Waals surface area contributed by atoms with Gasteiger partial charge in [0.05, 0.1) is 16.3 Å². The van der Waals surface area contributed by atoms with Crippen molar-refractivity contribution in [2.45, 2.75) is 45.6 Å². The van der Waals surface area contributed by atoms with Gasteiger partial charge in [-0.2, -0.15) is 5.10 Å². The minimum atomic E-state index is -0.0198. The largest absolute Gasteiger partial charge is 0.489 e. The van der Waals surface area contributed by atoms with Crippen molar-refractivity contribution in [2.24, 2.45) is 0 Å². The summed E-state index contributed by atoms with van der Waals surface area (Å²) in [7, 11) is 0. The summed E-state index contributed by atoms with van der Waals surface area (Å²) in [5.41, 5.74) is 4.67. The van der Waals surface area contributed by atoms with E-state index in [1.807, 2.05) is 102 Å². The summed E-state index contributed by atoms with van der Waals surface area (Å²) in [6.45, 7) is 3.38. The summed E-state index contributed by atoms with van der Waals surface area (Å²) in [6, 6.07) is 28.0. The molecule has 1 aromatic heterocycles. The summed E-state index contributed by atoms with van der Waals surface area (Å²) in [5.74, 6) is 0.769. The van der Waals surface area contributed by atoms with Crippen LogP contribution in [-0.2, 0) is 11.4 Å². The number of benzene rings is 3. The smallest absolute Gasteiger partial charge is 0.266 e. The van der Waals surface area contributed by atoms with Crippen LogP contribution in [0.1, 0.15) is 50.2 Å². The van der Waals surface area contributed by atoms with Crippen LogP contribution in [0.2, 0.25) is 0 Å². The van der Waals surface area contributed by atoms with Crippen LogP contribution in [0, 0.1) is 0 Å². The van der Waals surface area contributed by atoms with E-state index < -0.39 is 0 Å². The lowest BCUT2D eigenvalue weighted by Gasteiger charge is -2.13. The molecule has 7 heteroatoms. The molecule has 0 unspecified atom stereocenters. The fourth-order valence-corrected chi connectivity index (χ4v) is 5.89. The molecule has 0 radical (unpaired) electrons. The predicted molar refractivity (Wildman–Crippen MR) is 168 cm³/mol. The number of amides is 1. The first kappa shape index (κ1) is 27.9. The quantitative estimate of drug-likeness (QED) is 0.0979. The van der Waals surface area contributed by atoms with Gasteiger partial charge in [0.1, 0.15) is 16.7 Å². The van der Waals surface area contributed by atoms with Gasteiger partial charge in [-0.25, -0.2) is 4.68 Å². The number of carbonyl (C=O) groups is 1. The Kier molecular flexibility index (Phi) is 9.47. The normalized spacial score (nSPS) is 14.3. The zero-order chi connectivity index (χ0) is 27.7. The lowest BCUT2D eigenvalue weighted by molar-refractivity contribution is -0.122. The molecule has 1 fully saturated rings. The SMILES string of the molecule is CCCCCCCN1C(=O)C(=Cc2cn(-c3ccccc3)nc2-c2ccc(OCc3ccccc3)cc2)SC1=S. The van der Waals surface area contributed by atoms with Crippen LogP contribution >= 0.6 is 24.0 Å². The van der Waals surface area contributed by atoms with Crippen molar-refractivity contribution in [1.29, 1.82) is 0 Å². The Morgan fingerprint density at radius 1 is 0.900 bits per heavy atom. The Bertz CT molecular complexity index is 1460. The molecule has 1 aliphatic heterocycles. The number of hydrogen-bond acceptors (Lipinski definition) is 5. The number of nitrogens with zero attached hydrogens (tertiary/aromatic N) is 3. The molecule has 204 valence electrons. The molecule has 3 aromatic carbocycles. The minimum absolute atomic E-state index is 0.0198. The van der Waals surface area contributed by atoms with Crippen LogP contribution in [0.3, 0.4) is 0 Å². The number of para-hydroxylation sites is 1. The number of carbonyl (C=O) groups excluding carboxylic acids is 1. The Labute approximate surface area is 245 Å². The maximum atomic E-state index is 13.3. The van der Waals surface area contributed by atoms with Gasteiger partial charge in [-0.15, -0.1) is 0 Å². The van der Waals surface area contributed by atoms with E-state index in [2.05, 4.69) is 6.92 Å². The second-order valence-electron chi connectivity index (χ2n) is 9.76. The van der Waals surface area contributed by atoms with Crippen molar-refractivity contribution >= 4 is 40.3 Å². The highest BCUT2D eigenvalue weighted by molar-refractivity contribution is 8.26. The van der Waals surface area contributed by atoms with Gasteiger partial charge in [0.2, 0.25) is 0 Å². The fraction of sp³-hybridized carbons (Fsp3) is 0.242. The third-order valence-corrected chi connectivity index (χ3v) is 8.16. The molecule has 0 N–H and O–H groups in total. The number of rotatable bonds is 12. The molecule has 0 spiro atoms. The molecule has 1 amide bonds. The Hall–Kier alpha value is -3.68. The molecule has 0 bridgehead atoms. The van der Waals surface area contributed by atoms with Crippen molar-refractivity contribution in [3.63, 3.8) is 0 Å². The number of hydrogen-bond donors (Lipinski definition) is 0. The van der Waals surface area contributed by atoms with Crippen LogP contribution in [0.4, 0.5) is 0 Å². The molecule has 0 atom stereocenters. The maximum Gasteiger partial charge on any atom is 0.266 e. The van der Waals surface area contributed by atoms with E-state index in [1.54, 1.807) is 4.90 Å². The topological polar surface area (TPSA) is 47.4 Å². The lowest BCUT2D eigenvalue weighted by Crippen LogP contribution is -2.29. The van der Waals surface area contributed by atoms with E-state index in [9.17, 15) is 4.79 Å². The number of aromatic nitrogens is 2. The fourth-order valence-electron chi connectivity index (χ4n) is 4.59. The lowest BCUT2D eigenvalue weighted by atomic mass is 10.1.